The van der Waals surface area contributed by atoms with Gasteiger partial charge in [0.15, 0.2) is 16.1 Å². The summed E-state index contributed by atoms with van der Waals surface area (Å²) in [6.07, 6.45) is 1.84. The van der Waals surface area contributed by atoms with E-state index in [0.29, 0.717) is 17.4 Å². The Labute approximate surface area is 202 Å². The van der Waals surface area contributed by atoms with Crippen LogP contribution < -0.4 is 4.90 Å². The second-order valence-corrected chi connectivity index (χ2v) is 9.38. The minimum Gasteiger partial charge on any atom is -0.298 e. The number of benzene rings is 2. The van der Waals surface area contributed by atoms with Crippen molar-refractivity contribution in [2.24, 2.45) is 0 Å². The van der Waals surface area contributed by atoms with E-state index in [9.17, 15) is 4.79 Å². The Bertz CT molecular complexity index is 1280. The fourth-order valence-corrected chi connectivity index (χ4v) is 5.22. The molecule has 8 heteroatoms. The Kier molecular flexibility index (Phi) is 7.05. The Hall–Kier alpha value is -3.23. The highest BCUT2D eigenvalue weighted by Crippen LogP contribution is 2.32. The molecule has 0 saturated carbocycles. The topological polar surface area (TPSA) is 63.9 Å². The van der Waals surface area contributed by atoms with Crippen molar-refractivity contribution in [3.8, 4) is 11.4 Å². The Balaban J connectivity index is 1.54. The molecule has 0 aliphatic heterocycles. The maximum absolute atomic E-state index is 12.4. The number of nitrogens with zero attached hydrogens (tertiary/aromatic N) is 5. The monoisotopic (exact) mass is 475 g/mol. The SMILES string of the molecule is C=CCn1c(SCc2csc(N(C(C)=O)c3ccc(C)c(C)c3)n2)nnc1-c1ccccc1. The normalized spacial score (nSPS) is 10.9. The van der Waals surface area contributed by atoms with Crippen LogP contribution in [0.2, 0.25) is 0 Å². The van der Waals surface area contributed by atoms with Crippen LogP contribution in [0.3, 0.4) is 0 Å². The van der Waals surface area contributed by atoms with Crippen molar-refractivity contribution in [3.05, 3.63) is 83.4 Å². The highest BCUT2D eigenvalue weighted by Gasteiger charge is 2.19. The maximum Gasteiger partial charge on any atom is 0.230 e. The van der Waals surface area contributed by atoms with Crippen LogP contribution in [0.25, 0.3) is 11.4 Å². The van der Waals surface area contributed by atoms with Crippen molar-refractivity contribution in [2.45, 2.75) is 38.2 Å². The highest BCUT2D eigenvalue weighted by molar-refractivity contribution is 7.98. The molecule has 4 rings (SSSR count). The van der Waals surface area contributed by atoms with Crippen molar-refractivity contribution in [1.29, 1.82) is 0 Å². The molecule has 4 aromatic rings. The van der Waals surface area contributed by atoms with E-state index in [4.69, 9.17) is 4.98 Å². The van der Waals surface area contributed by atoms with Crippen molar-refractivity contribution < 1.29 is 4.79 Å². The summed E-state index contributed by atoms with van der Waals surface area (Å²) < 4.78 is 2.05. The Morgan fingerprint density at radius 1 is 1.15 bits per heavy atom. The molecule has 2 aromatic carbocycles. The molecule has 6 nitrogen and oxygen atoms in total. The van der Waals surface area contributed by atoms with Gasteiger partial charge in [-0.3, -0.25) is 14.3 Å². The summed E-state index contributed by atoms with van der Waals surface area (Å²) in [4.78, 5) is 18.8. The van der Waals surface area contributed by atoms with E-state index < -0.39 is 0 Å². The van der Waals surface area contributed by atoms with Crippen LogP contribution in [0.15, 0.2) is 71.7 Å². The van der Waals surface area contributed by atoms with E-state index in [1.165, 1.54) is 16.9 Å². The maximum atomic E-state index is 12.4. The zero-order chi connectivity index (χ0) is 23.4. The van der Waals surface area contributed by atoms with Crippen molar-refractivity contribution in [1.82, 2.24) is 19.7 Å². The van der Waals surface area contributed by atoms with E-state index in [1.54, 1.807) is 23.6 Å². The number of thiazole rings is 1. The van der Waals surface area contributed by atoms with Gasteiger partial charge in [0, 0.05) is 30.2 Å². The van der Waals surface area contributed by atoms with Crippen molar-refractivity contribution >= 4 is 39.8 Å². The smallest absolute Gasteiger partial charge is 0.230 e. The van der Waals surface area contributed by atoms with E-state index in [0.717, 1.165) is 33.5 Å². The average molecular weight is 476 g/mol. The highest BCUT2D eigenvalue weighted by atomic mass is 32.2. The number of anilines is 2. The lowest BCUT2D eigenvalue weighted by Crippen LogP contribution is -2.22. The minimum absolute atomic E-state index is 0.0648. The second-order valence-electron chi connectivity index (χ2n) is 7.60. The molecule has 168 valence electrons. The van der Waals surface area contributed by atoms with Crippen LogP contribution in [0.4, 0.5) is 10.8 Å². The van der Waals surface area contributed by atoms with Crippen LogP contribution in [0, 0.1) is 13.8 Å². The molecule has 0 saturated heterocycles. The first-order chi connectivity index (χ1) is 16.0. The summed E-state index contributed by atoms with van der Waals surface area (Å²) in [7, 11) is 0. The van der Waals surface area contributed by atoms with Gasteiger partial charge in [-0.15, -0.1) is 28.1 Å². The van der Waals surface area contributed by atoms with Crippen LogP contribution in [-0.4, -0.2) is 25.7 Å². The van der Waals surface area contributed by atoms with E-state index in [2.05, 4.69) is 28.3 Å². The molecule has 0 aliphatic rings. The van der Waals surface area contributed by atoms with Crippen LogP contribution in [-0.2, 0) is 17.1 Å². The van der Waals surface area contributed by atoms with Gasteiger partial charge in [0.25, 0.3) is 0 Å². The second kappa shape index (κ2) is 10.1. The number of thioether (sulfide) groups is 1. The number of carbonyl (C=O) groups excluding carboxylic acids is 1. The minimum atomic E-state index is -0.0648. The van der Waals surface area contributed by atoms with Gasteiger partial charge in [-0.25, -0.2) is 4.98 Å². The first-order valence-electron chi connectivity index (χ1n) is 10.5. The van der Waals surface area contributed by atoms with E-state index >= 15 is 0 Å². The fourth-order valence-electron chi connectivity index (χ4n) is 3.39. The molecule has 2 heterocycles. The predicted molar refractivity (Wildman–Crippen MR) is 136 cm³/mol. The van der Waals surface area contributed by atoms with Gasteiger partial charge in [-0.05, 0) is 37.1 Å². The van der Waals surface area contributed by atoms with Gasteiger partial charge in [0.1, 0.15) is 0 Å². The van der Waals surface area contributed by atoms with E-state index in [-0.39, 0.29) is 5.91 Å². The first kappa shape index (κ1) is 22.9. The van der Waals surface area contributed by atoms with Crippen LogP contribution >= 0.6 is 23.1 Å². The lowest BCUT2D eigenvalue weighted by molar-refractivity contribution is -0.115. The zero-order valence-electron chi connectivity index (χ0n) is 18.9. The quantitative estimate of drug-likeness (QED) is 0.225. The number of rotatable bonds is 8. The number of aromatic nitrogens is 4. The van der Waals surface area contributed by atoms with Gasteiger partial charge in [0.05, 0.1) is 11.4 Å². The molecule has 0 N–H and O–H groups in total. The summed E-state index contributed by atoms with van der Waals surface area (Å²) in [5.74, 6) is 1.37. The first-order valence-corrected chi connectivity index (χ1v) is 12.4. The number of hydrogen-bond acceptors (Lipinski definition) is 6. The van der Waals surface area contributed by atoms with Gasteiger partial charge >= 0.3 is 0 Å². The van der Waals surface area contributed by atoms with Crippen molar-refractivity contribution in [2.75, 3.05) is 4.90 Å². The molecule has 0 aliphatic carbocycles. The third-order valence-electron chi connectivity index (χ3n) is 5.20. The molecule has 2 aromatic heterocycles. The standard InChI is InChI=1S/C25H25N5OS2/c1-5-13-29-23(20-9-7-6-8-10-20)27-28-25(29)33-16-21-15-32-24(26-21)30(19(4)31)22-12-11-17(2)18(3)14-22/h5-12,14-15H,1,13,16H2,2-4H3. The zero-order valence-corrected chi connectivity index (χ0v) is 20.5. The van der Waals surface area contributed by atoms with E-state index in [1.807, 2.05) is 66.9 Å². The van der Waals surface area contributed by atoms with Crippen LogP contribution in [0.1, 0.15) is 23.7 Å². The number of allylic oxidation sites excluding steroid dienone is 1. The molecule has 1 amide bonds. The molecular formula is C25H25N5OS2. The summed E-state index contributed by atoms with van der Waals surface area (Å²) >= 11 is 3.04. The van der Waals surface area contributed by atoms with Gasteiger partial charge in [0.2, 0.25) is 5.91 Å². The lowest BCUT2D eigenvalue weighted by atomic mass is 10.1. The molecule has 0 unspecified atom stereocenters. The summed E-state index contributed by atoms with van der Waals surface area (Å²) in [6.45, 7) is 10.2. The molecular weight excluding hydrogens is 450 g/mol. The third-order valence-corrected chi connectivity index (χ3v) is 7.08. The largest absolute Gasteiger partial charge is 0.298 e. The lowest BCUT2D eigenvalue weighted by Gasteiger charge is -2.19. The predicted octanol–water partition coefficient (Wildman–Crippen LogP) is 6.18. The fraction of sp³-hybridized carbons (Fsp3) is 0.200. The number of amides is 1. The number of hydrogen-bond donors (Lipinski definition) is 0. The Morgan fingerprint density at radius 2 is 1.94 bits per heavy atom. The number of carbonyl (C=O) groups is 1. The molecule has 0 radical (unpaired) electrons. The number of aryl methyl sites for hydroxylation is 2. The molecule has 33 heavy (non-hydrogen) atoms. The van der Waals surface area contributed by atoms with Crippen LogP contribution in [0.5, 0.6) is 0 Å². The molecule has 0 bridgehead atoms. The van der Waals surface area contributed by atoms with Gasteiger partial charge < -0.3 is 0 Å². The Morgan fingerprint density at radius 3 is 2.64 bits per heavy atom. The van der Waals surface area contributed by atoms with Crippen molar-refractivity contribution in [3.63, 3.8) is 0 Å². The van der Waals surface area contributed by atoms with Gasteiger partial charge in [-0.1, -0.05) is 54.2 Å². The average Bonchev–Trinajstić information content (AvgIpc) is 3.43. The summed E-state index contributed by atoms with van der Waals surface area (Å²) in [5, 5.41) is 12.3. The molecule has 0 spiro atoms. The van der Waals surface area contributed by atoms with Gasteiger partial charge in [-0.2, -0.15) is 0 Å². The molecule has 0 atom stereocenters. The summed E-state index contributed by atoms with van der Waals surface area (Å²) in [5.41, 5.74) is 5.07. The molecule has 0 fully saturated rings. The summed E-state index contributed by atoms with van der Waals surface area (Å²) in [6, 6.07) is 16.0. The third kappa shape index (κ3) is 5.07.